The van der Waals surface area contributed by atoms with Crippen molar-refractivity contribution in [3.05, 3.63) is 84.4 Å². The van der Waals surface area contributed by atoms with Crippen LogP contribution in [-0.4, -0.2) is 19.3 Å². The highest BCUT2D eigenvalue weighted by molar-refractivity contribution is 7.80. The Hall–Kier alpha value is -3.25. The van der Waals surface area contributed by atoms with Gasteiger partial charge >= 0.3 is 0 Å². The predicted octanol–water partition coefficient (Wildman–Crippen LogP) is 4.80. The molecule has 0 heterocycles. The Morgan fingerprint density at radius 1 is 0.786 bits per heavy atom. The van der Waals surface area contributed by atoms with E-state index in [-0.39, 0.29) is 6.17 Å². The minimum atomic E-state index is -0.337. The minimum Gasteiger partial charge on any atom is -0.496 e. The maximum atomic E-state index is 5.55. The second-order valence-corrected chi connectivity index (χ2v) is 6.39. The zero-order chi connectivity index (χ0) is 19.8. The molecule has 0 aliphatic rings. The van der Waals surface area contributed by atoms with E-state index in [1.165, 1.54) is 0 Å². The quantitative estimate of drug-likeness (QED) is 0.396. The van der Waals surface area contributed by atoms with Crippen molar-refractivity contribution in [2.24, 2.45) is 0 Å². The fraction of sp³-hybridized carbons (Fsp3) is 0.136. The number of benzene rings is 3. The predicted molar refractivity (Wildman–Crippen MR) is 118 cm³/mol. The average molecular weight is 394 g/mol. The number of hydrogen-bond acceptors (Lipinski definition) is 4. The Kier molecular flexibility index (Phi) is 6.70. The third-order valence-corrected chi connectivity index (χ3v) is 4.38. The normalized spacial score (nSPS) is 11.2. The number of nitrogens with one attached hydrogen (secondary N) is 3. The number of ether oxygens (including phenoxy) is 2. The van der Waals surface area contributed by atoms with E-state index in [1.54, 1.807) is 14.2 Å². The number of rotatable bonds is 7. The lowest BCUT2D eigenvalue weighted by molar-refractivity contribution is 0.404. The first-order valence-corrected chi connectivity index (χ1v) is 9.27. The van der Waals surface area contributed by atoms with Crippen molar-refractivity contribution < 1.29 is 9.47 Å². The molecule has 0 saturated carbocycles. The van der Waals surface area contributed by atoms with Crippen molar-refractivity contribution in [3.63, 3.8) is 0 Å². The third-order valence-electron chi connectivity index (χ3n) is 4.16. The molecule has 0 spiro atoms. The Labute approximate surface area is 170 Å². The summed E-state index contributed by atoms with van der Waals surface area (Å²) in [4.78, 5) is 0. The van der Waals surface area contributed by atoms with Crippen molar-refractivity contribution in [1.29, 1.82) is 0 Å². The van der Waals surface area contributed by atoms with Crippen LogP contribution in [-0.2, 0) is 0 Å². The van der Waals surface area contributed by atoms with Gasteiger partial charge in [0.1, 0.15) is 17.7 Å². The van der Waals surface area contributed by atoms with Crippen LogP contribution in [0.3, 0.4) is 0 Å². The monoisotopic (exact) mass is 393 g/mol. The molecule has 0 aliphatic heterocycles. The molecule has 0 saturated heterocycles. The van der Waals surface area contributed by atoms with Gasteiger partial charge < -0.3 is 25.4 Å². The number of anilines is 2. The van der Waals surface area contributed by atoms with Gasteiger partial charge in [0, 0.05) is 11.3 Å². The van der Waals surface area contributed by atoms with Crippen LogP contribution in [0.5, 0.6) is 11.5 Å². The van der Waals surface area contributed by atoms with Crippen molar-refractivity contribution in [3.8, 4) is 11.5 Å². The first kappa shape index (κ1) is 19.5. The Morgan fingerprint density at radius 2 is 1.39 bits per heavy atom. The number of para-hydroxylation sites is 4. The van der Waals surface area contributed by atoms with Crippen LogP contribution in [0.4, 0.5) is 11.4 Å². The van der Waals surface area contributed by atoms with Crippen molar-refractivity contribution in [2.45, 2.75) is 6.17 Å². The van der Waals surface area contributed by atoms with E-state index in [4.69, 9.17) is 21.7 Å². The van der Waals surface area contributed by atoms with Gasteiger partial charge in [-0.1, -0.05) is 48.5 Å². The Balaban J connectivity index is 1.87. The highest BCUT2D eigenvalue weighted by atomic mass is 32.1. The molecule has 0 radical (unpaired) electrons. The largest absolute Gasteiger partial charge is 0.496 e. The molecule has 0 amide bonds. The zero-order valence-corrected chi connectivity index (χ0v) is 16.6. The SMILES string of the molecule is COc1ccccc1NC(NC(=S)Nc1ccccc1)c1ccccc1OC. The molecule has 0 fully saturated rings. The third kappa shape index (κ3) is 4.92. The van der Waals surface area contributed by atoms with E-state index in [0.717, 1.165) is 28.4 Å². The molecular formula is C22H23N3O2S. The molecule has 0 bridgehead atoms. The fourth-order valence-electron chi connectivity index (χ4n) is 2.84. The summed E-state index contributed by atoms with van der Waals surface area (Å²) < 4.78 is 11.0. The van der Waals surface area contributed by atoms with Crippen molar-refractivity contribution in [1.82, 2.24) is 5.32 Å². The van der Waals surface area contributed by atoms with Crippen LogP contribution < -0.4 is 25.4 Å². The summed E-state index contributed by atoms with van der Waals surface area (Å²) in [7, 11) is 3.30. The summed E-state index contributed by atoms with van der Waals surface area (Å²) in [6.45, 7) is 0. The van der Waals surface area contributed by atoms with Gasteiger partial charge in [0.25, 0.3) is 0 Å². The van der Waals surface area contributed by atoms with Crippen LogP contribution in [0.1, 0.15) is 11.7 Å². The number of hydrogen-bond donors (Lipinski definition) is 3. The van der Waals surface area contributed by atoms with E-state index >= 15 is 0 Å². The molecule has 3 rings (SSSR count). The standard InChI is InChI=1S/C22H23N3O2S/c1-26-19-14-8-6-12-17(19)21(24-18-13-7-9-15-20(18)27-2)25-22(28)23-16-10-4-3-5-11-16/h3-15,21,24H,1-2H3,(H2,23,25,28). The van der Waals surface area contributed by atoms with Gasteiger partial charge in [0.15, 0.2) is 5.11 Å². The second kappa shape index (κ2) is 9.62. The van der Waals surface area contributed by atoms with Gasteiger partial charge in [0.05, 0.1) is 19.9 Å². The molecule has 28 heavy (non-hydrogen) atoms. The van der Waals surface area contributed by atoms with Crippen LogP contribution in [0.25, 0.3) is 0 Å². The molecule has 0 aliphatic carbocycles. The Bertz CT molecular complexity index is 918. The van der Waals surface area contributed by atoms with Crippen LogP contribution in [0.2, 0.25) is 0 Å². The van der Waals surface area contributed by atoms with Crippen LogP contribution in [0, 0.1) is 0 Å². The molecule has 0 aromatic heterocycles. The molecule has 1 unspecified atom stereocenters. The number of thiocarbonyl (C=S) groups is 1. The highest BCUT2D eigenvalue weighted by Gasteiger charge is 2.18. The maximum Gasteiger partial charge on any atom is 0.172 e. The minimum absolute atomic E-state index is 0.337. The average Bonchev–Trinajstić information content (AvgIpc) is 2.74. The maximum absolute atomic E-state index is 5.55. The molecule has 5 nitrogen and oxygen atoms in total. The summed E-state index contributed by atoms with van der Waals surface area (Å²) in [5, 5.41) is 10.5. The molecular weight excluding hydrogens is 370 g/mol. The number of methoxy groups -OCH3 is 2. The van der Waals surface area contributed by atoms with E-state index in [9.17, 15) is 0 Å². The zero-order valence-electron chi connectivity index (χ0n) is 15.8. The van der Waals surface area contributed by atoms with Gasteiger partial charge in [-0.2, -0.15) is 0 Å². The fourth-order valence-corrected chi connectivity index (χ4v) is 3.07. The molecule has 3 aromatic rings. The summed E-state index contributed by atoms with van der Waals surface area (Å²) >= 11 is 5.53. The summed E-state index contributed by atoms with van der Waals surface area (Å²) in [5.74, 6) is 1.50. The first-order chi connectivity index (χ1) is 13.7. The molecule has 3 aromatic carbocycles. The van der Waals surface area contributed by atoms with Crippen LogP contribution >= 0.6 is 12.2 Å². The van der Waals surface area contributed by atoms with Crippen molar-refractivity contribution in [2.75, 3.05) is 24.9 Å². The van der Waals surface area contributed by atoms with Gasteiger partial charge in [0.2, 0.25) is 0 Å². The topological polar surface area (TPSA) is 54.5 Å². The van der Waals surface area contributed by atoms with Crippen LogP contribution in [0.15, 0.2) is 78.9 Å². The van der Waals surface area contributed by atoms with E-state index < -0.39 is 0 Å². The molecule has 1 atom stereocenters. The lowest BCUT2D eigenvalue weighted by Crippen LogP contribution is -2.36. The van der Waals surface area contributed by atoms with Crippen molar-refractivity contribution >= 4 is 28.7 Å². The Morgan fingerprint density at radius 3 is 2.11 bits per heavy atom. The van der Waals surface area contributed by atoms with E-state index in [0.29, 0.717) is 5.11 Å². The molecule has 6 heteroatoms. The summed E-state index contributed by atoms with van der Waals surface area (Å²) in [5.41, 5.74) is 2.68. The van der Waals surface area contributed by atoms with E-state index in [1.807, 2.05) is 78.9 Å². The molecule has 3 N–H and O–H groups in total. The van der Waals surface area contributed by atoms with Gasteiger partial charge in [-0.25, -0.2) is 0 Å². The second-order valence-electron chi connectivity index (χ2n) is 5.98. The summed E-state index contributed by atoms with van der Waals surface area (Å²) in [6, 6.07) is 25.3. The molecule has 144 valence electrons. The van der Waals surface area contributed by atoms with E-state index in [2.05, 4.69) is 16.0 Å². The smallest absolute Gasteiger partial charge is 0.172 e. The lowest BCUT2D eigenvalue weighted by atomic mass is 10.1. The first-order valence-electron chi connectivity index (χ1n) is 8.86. The van der Waals surface area contributed by atoms with Gasteiger partial charge in [-0.3, -0.25) is 0 Å². The summed E-state index contributed by atoms with van der Waals surface area (Å²) in [6.07, 6.45) is -0.337. The van der Waals surface area contributed by atoms with Gasteiger partial charge in [-0.05, 0) is 42.5 Å². The van der Waals surface area contributed by atoms with Gasteiger partial charge in [-0.15, -0.1) is 0 Å². The lowest BCUT2D eigenvalue weighted by Gasteiger charge is -2.25. The highest BCUT2D eigenvalue weighted by Crippen LogP contribution is 2.30.